The highest BCUT2D eigenvalue weighted by Crippen LogP contribution is 2.42. The summed E-state index contributed by atoms with van der Waals surface area (Å²) in [5.41, 5.74) is 1.95. The van der Waals surface area contributed by atoms with Crippen molar-refractivity contribution in [3.05, 3.63) is 112 Å². The van der Waals surface area contributed by atoms with E-state index in [0.29, 0.717) is 22.3 Å². The lowest BCUT2D eigenvalue weighted by atomic mass is 9.92. The third-order valence-corrected chi connectivity index (χ3v) is 8.01. The molecule has 0 N–H and O–H groups in total. The Hall–Kier alpha value is -4.93. The molecule has 1 heterocycles. The monoisotopic (exact) mass is 639 g/mol. The third kappa shape index (κ3) is 6.27. The quantitative estimate of drug-likeness (QED) is 0.149. The number of carbonyl (C=O) groups is 2. The Morgan fingerprint density at radius 1 is 0.848 bits per heavy atom. The summed E-state index contributed by atoms with van der Waals surface area (Å²) in [6, 6.07) is 14.5. The number of benzene rings is 4. The van der Waals surface area contributed by atoms with Gasteiger partial charge >= 0.3 is 18.2 Å². The first-order valence-corrected chi connectivity index (χ1v) is 14.2. The van der Waals surface area contributed by atoms with Crippen LogP contribution in [0.2, 0.25) is 0 Å². The van der Waals surface area contributed by atoms with E-state index in [1.807, 2.05) is 19.1 Å². The molecule has 240 valence electrons. The predicted molar refractivity (Wildman–Crippen MR) is 160 cm³/mol. The zero-order valence-electron chi connectivity index (χ0n) is 25.6. The lowest BCUT2D eigenvalue weighted by molar-refractivity contribution is -0.137. The Morgan fingerprint density at radius 2 is 1.54 bits per heavy atom. The van der Waals surface area contributed by atoms with E-state index in [4.69, 9.17) is 9.47 Å². The molecule has 1 aliphatic heterocycles. The highest BCUT2D eigenvalue weighted by molar-refractivity contribution is 5.90. The topological polar surface area (TPSA) is 65.1 Å². The molecule has 0 saturated carbocycles. The molecule has 0 bridgehead atoms. The van der Waals surface area contributed by atoms with E-state index < -0.39 is 47.6 Å². The number of carbonyl (C=O) groups excluding carboxylic acids is 2. The van der Waals surface area contributed by atoms with Crippen LogP contribution in [-0.4, -0.2) is 37.2 Å². The average molecular weight is 640 g/mol. The Labute approximate surface area is 262 Å². The summed E-state index contributed by atoms with van der Waals surface area (Å²) in [5.74, 6) is -2.21. The lowest BCUT2D eigenvalue weighted by Crippen LogP contribution is -2.31. The Kier molecular flexibility index (Phi) is 8.79. The maximum Gasteiger partial charge on any atom is 0.416 e. The average Bonchev–Trinajstić information content (AvgIpc) is 3.28. The fourth-order valence-corrected chi connectivity index (χ4v) is 5.72. The molecule has 0 spiro atoms. The number of cyclic esters (lactones) is 1. The Morgan fingerprint density at radius 3 is 2.20 bits per heavy atom. The first kappa shape index (κ1) is 32.5. The molecule has 4 aromatic carbocycles. The number of amides is 1. The van der Waals surface area contributed by atoms with E-state index in [1.54, 1.807) is 26.0 Å². The number of halogens is 5. The van der Waals surface area contributed by atoms with Gasteiger partial charge in [-0.1, -0.05) is 41.5 Å². The van der Waals surface area contributed by atoms with Gasteiger partial charge in [0.05, 0.1) is 37.9 Å². The predicted octanol–water partition coefficient (Wildman–Crippen LogP) is 8.81. The minimum atomic E-state index is -4.57. The molecule has 1 fully saturated rings. The second kappa shape index (κ2) is 12.5. The van der Waals surface area contributed by atoms with Crippen molar-refractivity contribution >= 4 is 12.1 Å². The number of esters is 1. The first-order valence-electron chi connectivity index (χ1n) is 14.2. The van der Waals surface area contributed by atoms with Crippen molar-refractivity contribution in [2.75, 3.05) is 14.2 Å². The number of aryl methyl sites for hydroxylation is 2. The van der Waals surface area contributed by atoms with Crippen molar-refractivity contribution in [3.63, 3.8) is 0 Å². The van der Waals surface area contributed by atoms with Crippen LogP contribution < -0.4 is 4.74 Å². The second-order valence-electron chi connectivity index (χ2n) is 11.2. The van der Waals surface area contributed by atoms with Crippen molar-refractivity contribution in [2.24, 2.45) is 0 Å². The summed E-state index contributed by atoms with van der Waals surface area (Å²) >= 11 is 0. The fourth-order valence-electron chi connectivity index (χ4n) is 5.72. The van der Waals surface area contributed by atoms with Gasteiger partial charge in [-0.2, -0.15) is 13.2 Å². The molecule has 6 nitrogen and oxygen atoms in total. The molecule has 46 heavy (non-hydrogen) atoms. The van der Waals surface area contributed by atoms with Crippen LogP contribution in [0.5, 0.6) is 5.75 Å². The van der Waals surface area contributed by atoms with Crippen LogP contribution in [0.15, 0.2) is 66.7 Å². The Balaban J connectivity index is 1.54. The number of hydrogen-bond donors (Lipinski definition) is 0. The molecule has 0 radical (unpaired) electrons. The van der Waals surface area contributed by atoms with E-state index in [9.17, 15) is 22.8 Å². The van der Waals surface area contributed by atoms with Gasteiger partial charge in [-0.25, -0.2) is 18.4 Å². The highest BCUT2D eigenvalue weighted by Gasteiger charge is 2.41. The van der Waals surface area contributed by atoms with Gasteiger partial charge in [0, 0.05) is 22.8 Å². The number of hydrogen-bond acceptors (Lipinski definition) is 5. The van der Waals surface area contributed by atoms with Crippen LogP contribution >= 0.6 is 0 Å². The summed E-state index contributed by atoms with van der Waals surface area (Å²) in [6.45, 7) is 5.08. The van der Waals surface area contributed by atoms with E-state index in [-0.39, 0.29) is 34.5 Å². The molecule has 1 amide bonds. The minimum Gasteiger partial charge on any atom is -0.496 e. The van der Waals surface area contributed by atoms with Crippen molar-refractivity contribution in [1.82, 2.24) is 4.90 Å². The van der Waals surface area contributed by atoms with Crippen molar-refractivity contribution < 1.29 is 45.8 Å². The maximum atomic E-state index is 15.4. The van der Waals surface area contributed by atoms with Gasteiger partial charge in [-0.3, -0.25) is 4.90 Å². The largest absolute Gasteiger partial charge is 0.496 e. The molecule has 1 aliphatic rings. The van der Waals surface area contributed by atoms with Gasteiger partial charge in [0.25, 0.3) is 0 Å². The normalized spacial score (nSPS) is 16.4. The summed E-state index contributed by atoms with van der Waals surface area (Å²) in [4.78, 5) is 26.4. The van der Waals surface area contributed by atoms with Crippen LogP contribution in [0.4, 0.5) is 26.7 Å². The summed E-state index contributed by atoms with van der Waals surface area (Å²) < 4.78 is 86.9. The van der Waals surface area contributed by atoms with E-state index in [0.717, 1.165) is 36.9 Å². The SMILES string of the molecule is COC(=O)c1ccc(-c2cc(-c3ccc(C)cc3CN3C(=O)O[C@H](c4cc(C)cc(C(F)(F)F)c4)[C@@H]3C)c(OC)cc2F)c(F)c1. The van der Waals surface area contributed by atoms with E-state index in [1.165, 1.54) is 30.2 Å². The molecule has 2 atom stereocenters. The van der Waals surface area contributed by atoms with Crippen LogP contribution in [0, 0.1) is 25.5 Å². The van der Waals surface area contributed by atoms with Crippen molar-refractivity contribution in [3.8, 4) is 28.0 Å². The van der Waals surface area contributed by atoms with E-state index in [2.05, 4.69) is 4.74 Å². The number of ether oxygens (including phenoxy) is 3. The summed E-state index contributed by atoms with van der Waals surface area (Å²) in [6.07, 6.45) is -6.23. The van der Waals surface area contributed by atoms with Crippen LogP contribution in [0.3, 0.4) is 0 Å². The smallest absolute Gasteiger partial charge is 0.416 e. The van der Waals surface area contributed by atoms with Gasteiger partial charge in [0.15, 0.2) is 0 Å². The summed E-state index contributed by atoms with van der Waals surface area (Å²) in [7, 11) is 2.52. The zero-order valence-corrected chi connectivity index (χ0v) is 25.6. The molecule has 11 heteroatoms. The van der Waals surface area contributed by atoms with Gasteiger partial charge in [-0.05, 0) is 67.8 Å². The standard InChI is InChI=1S/C35H30F5NO5/c1-18-6-8-25(28-15-27(30(37)16-31(28)44-4)26-9-7-21(14-29(26)36)33(42)45-5)23(10-18)17-41-20(3)32(46-34(41)43)22-11-19(2)12-24(13-22)35(38,39)40/h6-16,20,32H,17H2,1-5H3/t20-,32-/m0/s1. The van der Waals surface area contributed by atoms with Crippen LogP contribution in [0.25, 0.3) is 22.3 Å². The Bertz CT molecular complexity index is 1840. The lowest BCUT2D eigenvalue weighted by Gasteiger charge is -2.24. The molecule has 0 aromatic heterocycles. The number of methoxy groups -OCH3 is 2. The van der Waals surface area contributed by atoms with E-state index >= 15 is 8.78 Å². The van der Waals surface area contributed by atoms with Crippen LogP contribution in [0.1, 0.15) is 51.2 Å². The fraction of sp³-hybridized carbons (Fsp3) is 0.257. The summed E-state index contributed by atoms with van der Waals surface area (Å²) in [5, 5.41) is 0. The molecule has 4 aromatic rings. The van der Waals surface area contributed by atoms with Crippen LogP contribution in [-0.2, 0) is 22.2 Å². The number of rotatable bonds is 7. The first-order chi connectivity index (χ1) is 21.7. The molecule has 0 unspecified atom stereocenters. The number of nitrogens with zero attached hydrogens (tertiary/aromatic N) is 1. The molecule has 0 aliphatic carbocycles. The molecule has 5 rings (SSSR count). The van der Waals surface area contributed by atoms with Gasteiger partial charge in [0.1, 0.15) is 23.5 Å². The molecule has 1 saturated heterocycles. The minimum absolute atomic E-state index is 0.00348. The van der Waals surface area contributed by atoms with Gasteiger partial charge in [0.2, 0.25) is 0 Å². The number of alkyl halides is 3. The highest BCUT2D eigenvalue weighted by atomic mass is 19.4. The second-order valence-corrected chi connectivity index (χ2v) is 11.2. The third-order valence-electron chi connectivity index (χ3n) is 8.01. The zero-order chi connectivity index (χ0) is 33.5. The van der Waals surface area contributed by atoms with Crippen molar-refractivity contribution in [1.29, 1.82) is 0 Å². The maximum absolute atomic E-state index is 15.4. The van der Waals surface area contributed by atoms with Crippen molar-refractivity contribution in [2.45, 2.75) is 45.6 Å². The molecular formula is C35H30F5NO5. The molecular weight excluding hydrogens is 609 g/mol. The van der Waals surface area contributed by atoms with Gasteiger partial charge in [-0.15, -0.1) is 0 Å². The van der Waals surface area contributed by atoms with Gasteiger partial charge < -0.3 is 14.2 Å².